The van der Waals surface area contributed by atoms with Gasteiger partial charge in [0.1, 0.15) is 6.61 Å². The molecular formula is C17H23NO3. The molecule has 1 aromatic rings. The summed E-state index contributed by atoms with van der Waals surface area (Å²) in [6.07, 6.45) is 0.804. The molecule has 0 fully saturated rings. The van der Waals surface area contributed by atoms with Crippen molar-refractivity contribution in [1.29, 1.82) is 0 Å². The van der Waals surface area contributed by atoms with Crippen molar-refractivity contribution in [3.05, 3.63) is 35.4 Å². The van der Waals surface area contributed by atoms with Crippen LogP contribution in [0.15, 0.2) is 24.3 Å². The minimum absolute atomic E-state index is 0.0967. The van der Waals surface area contributed by atoms with Crippen LogP contribution in [-0.4, -0.2) is 37.4 Å². The first-order valence-electron chi connectivity index (χ1n) is 7.19. The SMILES string of the molecule is CC(C)COCCCNC(=O)c1ccc(C#CCO)cc1. The van der Waals surface area contributed by atoms with Crippen LogP contribution in [0.2, 0.25) is 0 Å². The summed E-state index contributed by atoms with van der Waals surface area (Å²) in [7, 11) is 0. The van der Waals surface area contributed by atoms with Gasteiger partial charge in [-0.2, -0.15) is 0 Å². The van der Waals surface area contributed by atoms with Gasteiger partial charge in [-0.3, -0.25) is 4.79 Å². The highest BCUT2D eigenvalue weighted by Crippen LogP contribution is 2.03. The largest absolute Gasteiger partial charge is 0.384 e. The number of hydrogen-bond acceptors (Lipinski definition) is 3. The maximum atomic E-state index is 11.9. The lowest BCUT2D eigenvalue weighted by Gasteiger charge is -2.08. The van der Waals surface area contributed by atoms with E-state index in [1.165, 1.54) is 0 Å². The van der Waals surface area contributed by atoms with E-state index in [9.17, 15) is 4.79 Å². The number of hydrogen-bond donors (Lipinski definition) is 2. The van der Waals surface area contributed by atoms with E-state index in [0.717, 1.165) is 18.6 Å². The number of carbonyl (C=O) groups is 1. The number of rotatable bonds is 7. The Hall–Kier alpha value is -1.83. The van der Waals surface area contributed by atoms with Crippen molar-refractivity contribution in [2.75, 3.05) is 26.4 Å². The van der Waals surface area contributed by atoms with Gasteiger partial charge in [-0.1, -0.05) is 25.7 Å². The number of aliphatic hydroxyl groups excluding tert-OH is 1. The fourth-order valence-corrected chi connectivity index (χ4v) is 1.64. The molecule has 114 valence electrons. The van der Waals surface area contributed by atoms with E-state index in [2.05, 4.69) is 31.0 Å². The Morgan fingerprint density at radius 2 is 2.05 bits per heavy atom. The molecule has 4 nitrogen and oxygen atoms in total. The van der Waals surface area contributed by atoms with Gasteiger partial charge in [0.15, 0.2) is 0 Å². The van der Waals surface area contributed by atoms with Crippen LogP contribution in [0.25, 0.3) is 0 Å². The van der Waals surface area contributed by atoms with Crippen molar-refractivity contribution in [3.8, 4) is 11.8 Å². The highest BCUT2D eigenvalue weighted by Gasteiger charge is 2.04. The molecule has 0 aliphatic rings. The van der Waals surface area contributed by atoms with Crippen molar-refractivity contribution >= 4 is 5.91 Å². The van der Waals surface area contributed by atoms with Crippen LogP contribution in [0.1, 0.15) is 36.2 Å². The van der Waals surface area contributed by atoms with Gasteiger partial charge in [0.2, 0.25) is 0 Å². The molecule has 0 heterocycles. The number of carbonyl (C=O) groups excluding carboxylic acids is 1. The normalized spacial score (nSPS) is 10.1. The molecule has 4 heteroatoms. The van der Waals surface area contributed by atoms with Crippen molar-refractivity contribution < 1.29 is 14.6 Å². The number of nitrogens with one attached hydrogen (secondary N) is 1. The summed E-state index contributed by atoms with van der Waals surface area (Å²) >= 11 is 0. The Balaban J connectivity index is 2.29. The van der Waals surface area contributed by atoms with Gasteiger partial charge in [-0.15, -0.1) is 0 Å². The summed E-state index contributed by atoms with van der Waals surface area (Å²) in [6.45, 7) is 6.06. The van der Waals surface area contributed by atoms with E-state index in [4.69, 9.17) is 9.84 Å². The van der Waals surface area contributed by atoms with E-state index in [1.54, 1.807) is 24.3 Å². The first-order chi connectivity index (χ1) is 10.1. The van der Waals surface area contributed by atoms with Crippen molar-refractivity contribution in [3.63, 3.8) is 0 Å². The second kappa shape index (κ2) is 9.98. The van der Waals surface area contributed by atoms with Crippen molar-refractivity contribution in [2.45, 2.75) is 20.3 Å². The standard InChI is InChI=1S/C17H23NO3/c1-14(2)13-21-12-4-10-18-17(20)16-8-6-15(7-9-16)5-3-11-19/h6-9,14,19H,4,10-13H2,1-2H3,(H,18,20). The summed E-state index contributed by atoms with van der Waals surface area (Å²) < 4.78 is 5.45. The third-order valence-electron chi connectivity index (χ3n) is 2.66. The minimum Gasteiger partial charge on any atom is -0.384 e. The molecule has 0 bridgehead atoms. The predicted molar refractivity (Wildman–Crippen MR) is 83.0 cm³/mol. The monoisotopic (exact) mass is 289 g/mol. The molecule has 0 atom stereocenters. The Bertz CT molecular complexity index is 483. The molecule has 1 amide bonds. The lowest BCUT2D eigenvalue weighted by atomic mass is 10.1. The van der Waals surface area contributed by atoms with E-state index < -0.39 is 0 Å². The second-order valence-corrected chi connectivity index (χ2v) is 5.12. The zero-order valence-electron chi connectivity index (χ0n) is 12.7. The molecule has 0 saturated heterocycles. The van der Waals surface area contributed by atoms with Gasteiger partial charge in [-0.05, 0) is 36.6 Å². The highest BCUT2D eigenvalue weighted by molar-refractivity contribution is 5.94. The minimum atomic E-state index is -0.166. The van der Waals surface area contributed by atoms with Gasteiger partial charge in [-0.25, -0.2) is 0 Å². The first-order valence-corrected chi connectivity index (χ1v) is 7.19. The molecular weight excluding hydrogens is 266 g/mol. The Morgan fingerprint density at radius 1 is 1.33 bits per heavy atom. The molecule has 1 aromatic carbocycles. The van der Waals surface area contributed by atoms with Crippen LogP contribution in [0, 0.1) is 17.8 Å². The van der Waals surface area contributed by atoms with E-state index in [0.29, 0.717) is 24.6 Å². The number of ether oxygens (including phenoxy) is 1. The number of aliphatic hydroxyl groups is 1. The smallest absolute Gasteiger partial charge is 0.251 e. The Kier molecular flexibility index (Phi) is 8.18. The fourth-order valence-electron chi connectivity index (χ4n) is 1.64. The molecule has 21 heavy (non-hydrogen) atoms. The maximum Gasteiger partial charge on any atom is 0.251 e. The van der Waals surface area contributed by atoms with Gasteiger partial charge < -0.3 is 15.2 Å². The average Bonchev–Trinajstić information content (AvgIpc) is 2.48. The molecule has 0 saturated carbocycles. The Morgan fingerprint density at radius 3 is 2.67 bits per heavy atom. The van der Waals surface area contributed by atoms with E-state index in [1.807, 2.05) is 0 Å². The van der Waals surface area contributed by atoms with Crippen LogP contribution >= 0.6 is 0 Å². The van der Waals surface area contributed by atoms with Crippen molar-refractivity contribution in [2.24, 2.45) is 5.92 Å². The summed E-state index contributed by atoms with van der Waals surface area (Å²) in [6, 6.07) is 6.99. The molecule has 0 spiro atoms. The average molecular weight is 289 g/mol. The predicted octanol–water partition coefficient (Wildman–Crippen LogP) is 1.82. The molecule has 1 rings (SSSR count). The molecule has 0 aliphatic heterocycles. The zero-order valence-corrected chi connectivity index (χ0v) is 12.7. The van der Waals surface area contributed by atoms with Gasteiger partial charge in [0.25, 0.3) is 5.91 Å². The third kappa shape index (κ3) is 7.50. The molecule has 0 radical (unpaired) electrons. The summed E-state index contributed by atoms with van der Waals surface area (Å²) in [5, 5.41) is 11.5. The van der Waals surface area contributed by atoms with Gasteiger partial charge >= 0.3 is 0 Å². The topological polar surface area (TPSA) is 58.6 Å². The summed E-state index contributed by atoms with van der Waals surface area (Å²) in [5.41, 5.74) is 1.38. The van der Waals surface area contributed by atoms with Crippen LogP contribution in [0.3, 0.4) is 0 Å². The molecule has 0 unspecified atom stereocenters. The third-order valence-corrected chi connectivity index (χ3v) is 2.66. The lowest BCUT2D eigenvalue weighted by Crippen LogP contribution is -2.25. The molecule has 0 aliphatic carbocycles. The molecule has 2 N–H and O–H groups in total. The summed E-state index contributed by atoms with van der Waals surface area (Å²) in [5.74, 6) is 5.79. The van der Waals surface area contributed by atoms with E-state index >= 15 is 0 Å². The van der Waals surface area contributed by atoms with Gasteiger partial charge in [0.05, 0.1) is 0 Å². The lowest BCUT2D eigenvalue weighted by molar-refractivity contribution is 0.0925. The van der Waals surface area contributed by atoms with Crippen LogP contribution in [0.4, 0.5) is 0 Å². The Labute approximate surface area is 126 Å². The second-order valence-electron chi connectivity index (χ2n) is 5.12. The quantitative estimate of drug-likeness (QED) is 0.594. The fraction of sp³-hybridized carbons (Fsp3) is 0.471. The van der Waals surface area contributed by atoms with E-state index in [-0.39, 0.29) is 12.5 Å². The first kappa shape index (κ1) is 17.2. The highest BCUT2D eigenvalue weighted by atomic mass is 16.5. The van der Waals surface area contributed by atoms with Gasteiger partial charge in [0, 0.05) is 30.9 Å². The molecule has 0 aromatic heterocycles. The van der Waals surface area contributed by atoms with Crippen molar-refractivity contribution in [1.82, 2.24) is 5.32 Å². The zero-order chi connectivity index (χ0) is 15.5. The maximum absolute atomic E-state index is 11.9. The number of amides is 1. The number of benzene rings is 1. The van der Waals surface area contributed by atoms with Crippen LogP contribution in [-0.2, 0) is 4.74 Å². The summed E-state index contributed by atoms with van der Waals surface area (Å²) in [4.78, 5) is 11.9. The van der Waals surface area contributed by atoms with Crippen LogP contribution < -0.4 is 5.32 Å². The van der Waals surface area contributed by atoms with Crippen LogP contribution in [0.5, 0.6) is 0 Å².